The summed E-state index contributed by atoms with van der Waals surface area (Å²) in [7, 11) is -3.45. The van der Waals surface area contributed by atoms with Crippen molar-refractivity contribution in [3.05, 3.63) is 35.5 Å². The molecule has 2 amide bonds. The van der Waals surface area contributed by atoms with E-state index < -0.39 is 21.7 Å². The number of aromatic nitrogens is 1. The number of thiazole rings is 1. The average molecular weight is 436 g/mol. The van der Waals surface area contributed by atoms with Gasteiger partial charge in [0.15, 0.2) is 20.8 Å². The molecule has 1 saturated carbocycles. The maximum absolute atomic E-state index is 12.8. The Bertz CT molecular complexity index is 1070. The summed E-state index contributed by atoms with van der Waals surface area (Å²) in [4.78, 5) is 41.2. The Morgan fingerprint density at radius 3 is 2.38 bits per heavy atom. The van der Waals surface area contributed by atoms with Gasteiger partial charge in [0.05, 0.1) is 11.9 Å². The predicted molar refractivity (Wildman–Crippen MR) is 110 cm³/mol. The number of anilines is 2. The van der Waals surface area contributed by atoms with Crippen molar-refractivity contribution in [3.8, 4) is 0 Å². The Hall–Kier alpha value is -2.59. The second-order valence-corrected chi connectivity index (χ2v) is 10.3. The van der Waals surface area contributed by atoms with Crippen molar-refractivity contribution in [2.45, 2.75) is 36.8 Å². The number of Topliss-reactive ketones (excluding diaryl/α,β-unsaturated/α-hetero) is 1. The van der Waals surface area contributed by atoms with E-state index in [-0.39, 0.29) is 26.7 Å². The van der Waals surface area contributed by atoms with E-state index in [0.717, 1.165) is 55.0 Å². The van der Waals surface area contributed by atoms with Crippen LogP contribution in [0.3, 0.4) is 0 Å². The summed E-state index contributed by atoms with van der Waals surface area (Å²) in [5.41, 5.74) is 1.56. The van der Waals surface area contributed by atoms with E-state index in [9.17, 15) is 22.8 Å². The standard InChI is InChI=1S/C19H21N3O5S2/c1-11-7-8-14(13(9-11)16(23)12-5-3-4-6-12)21-17(24)18(25)22-19-20-10-15(28-19)29(2,26)27/h7-10,12H,3-6H2,1-2H3,(H,21,24)(H,20,22,25). The first kappa shape index (κ1) is 21.1. The lowest BCUT2D eigenvalue weighted by molar-refractivity contribution is -0.133. The van der Waals surface area contributed by atoms with Crippen LogP contribution >= 0.6 is 11.3 Å². The van der Waals surface area contributed by atoms with Gasteiger partial charge in [0.25, 0.3) is 0 Å². The van der Waals surface area contributed by atoms with Gasteiger partial charge in [-0.15, -0.1) is 0 Å². The Morgan fingerprint density at radius 1 is 1.10 bits per heavy atom. The molecule has 1 aromatic heterocycles. The average Bonchev–Trinajstić information content (AvgIpc) is 3.34. The molecule has 2 aromatic rings. The third-order valence-corrected chi connectivity index (χ3v) is 7.39. The van der Waals surface area contributed by atoms with Gasteiger partial charge >= 0.3 is 11.8 Å². The van der Waals surface area contributed by atoms with Crippen molar-refractivity contribution in [2.24, 2.45) is 5.92 Å². The van der Waals surface area contributed by atoms with Gasteiger partial charge < -0.3 is 5.32 Å². The molecule has 0 atom stereocenters. The predicted octanol–water partition coefficient (Wildman–Crippen LogP) is 2.81. The molecule has 8 nitrogen and oxygen atoms in total. The number of ketones is 1. The molecule has 0 unspecified atom stereocenters. The van der Waals surface area contributed by atoms with Gasteiger partial charge in [0, 0.05) is 17.7 Å². The number of rotatable bonds is 5. The van der Waals surface area contributed by atoms with Crippen LogP contribution in [0, 0.1) is 12.8 Å². The van der Waals surface area contributed by atoms with Crippen molar-refractivity contribution in [1.29, 1.82) is 0 Å². The minimum Gasteiger partial charge on any atom is -0.317 e. The Kier molecular flexibility index (Phi) is 6.13. The van der Waals surface area contributed by atoms with Gasteiger partial charge in [-0.2, -0.15) is 0 Å². The molecule has 1 aliphatic carbocycles. The monoisotopic (exact) mass is 435 g/mol. The lowest BCUT2D eigenvalue weighted by Gasteiger charge is -2.14. The van der Waals surface area contributed by atoms with Gasteiger partial charge in [-0.3, -0.25) is 19.7 Å². The number of aryl methyl sites for hydroxylation is 1. The molecular weight excluding hydrogens is 414 g/mol. The fourth-order valence-corrected chi connectivity index (χ4v) is 4.83. The van der Waals surface area contributed by atoms with E-state index in [1.165, 1.54) is 0 Å². The van der Waals surface area contributed by atoms with Gasteiger partial charge in [-0.25, -0.2) is 13.4 Å². The van der Waals surface area contributed by atoms with Gasteiger partial charge in [0.2, 0.25) is 0 Å². The van der Waals surface area contributed by atoms with Crippen LogP contribution in [0.5, 0.6) is 0 Å². The topological polar surface area (TPSA) is 122 Å². The highest BCUT2D eigenvalue weighted by molar-refractivity contribution is 7.92. The van der Waals surface area contributed by atoms with Crippen LogP contribution in [0.15, 0.2) is 28.6 Å². The smallest absolute Gasteiger partial charge is 0.315 e. The zero-order valence-corrected chi connectivity index (χ0v) is 17.7. The number of amides is 2. The summed E-state index contributed by atoms with van der Waals surface area (Å²) in [5, 5.41) is 4.76. The normalized spacial score (nSPS) is 14.6. The lowest BCUT2D eigenvalue weighted by Crippen LogP contribution is -2.30. The summed E-state index contributed by atoms with van der Waals surface area (Å²) < 4.78 is 23.0. The van der Waals surface area contributed by atoms with E-state index in [1.54, 1.807) is 18.2 Å². The third kappa shape index (κ3) is 5.07. The number of carbonyl (C=O) groups excluding carboxylic acids is 3. The summed E-state index contributed by atoms with van der Waals surface area (Å²) in [6, 6.07) is 5.07. The van der Waals surface area contributed by atoms with Crippen LogP contribution in [0.4, 0.5) is 10.8 Å². The maximum Gasteiger partial charge on any atom is 0.315 e. The Labute approximate surface area is 172 Å². The first-order valence-electron chi connectivity index (χ1n) is 9.08. The minimum absolute atomic E-state index is 0.00302. The molecular formula is C19H21N3O5S2. The van der Waals surface area contributed by atoms with Crippen LogP contribution < -0.4 is 10.6 Å². The number of hydrogen-bond donors (Lipinski definition) is 2. The highest BCUT2D eigenvalue weighted by Crippen LogP contribution is 2.31. The molecule has 1 heterocycles. The quantitative estimate of drug-likeness (QED) is 0.550. The van der Waals surface area contributed by atoms with Crippen molar-refractivity contribution < 1.29 is 22.8 Å². The molecule has 29 heavy (non-hydrogen) atoms. The van der Waals surface area contributed by atoms with Crippen molar-refractivity contribution in [3.63, 3.8) is 0 Å². The van der Waals surface area contributed by atoms with E-state index in [2.05, 4.69) is 15.6 Å². The summed E-state index contributed by atoms with van der Waals surface area (Å²) in [6.45, 7) is 1.85. The number of benzene rings is 1. The summed E-state index contributed by atoms with van der Waals surface area (Å²) >= 11 is 0.754. The van der Waals surface area contributed by atoms with E-state index in [4.69, 9.17) is 0 Å². The number of hydrogen-bond acceptors (Lipinski definition) is 7. The maximum atomic E-state index is 12.8. The van der Waals surface area contributed by atoms with Crippen molar-refractivity contribution in [1.82, 2.24) is 4.98 Å². The summed E-state index contributed by atoms with van der Waals surface area (Å²) in [5.74, 6) is -2.06. The second kappa shape index (κ2) is 8.42. The highest BCUT2D eigenvalue weighted by atomic mass is 32.2. The number of sulfone groups is 1. The number of nitrogens with zero attached hydrogens (tertiary/aromatic N) is 1. The molecule has 0 saturated heterocycles. The fourth-order valence-electron chi connectivity index (χ4n) is 3.20. The molecule has 2 N–H and O–H groups in total. The molecule has 10 heteroatoms. The molecule has 1 aromatic carbocycles. The number of nitrogens with one attached hydrogen (secondary N) is 2. The fraction of sp³-hybridized carbons (Fsp3) is 0.368. The molecule has 154 valence electrons. The molecule has 0 aliphatic heterocycles. The zero-order valence-electron chi connectivity index (χ0n) is 16.0. The Balaban J connectivity index is 1.73. The molecule has 0 bridgehead atoms. The van der Waals surface area contributed by atoms with Crippen LogP contribution in [0.1, 0.15) is 41.6 Å². The third-order valence-electron chi connectivity index (χ3n) is 4.69. The molecule has 1 fully saturated rings. The summed E-state index contributed by atoms with van der Waals surface area (Å²) in [6.07, 6.45) is 5.82. The SMILES string of the molecule is Cc1ccc(NC(=O)C(=O)Nc2ncc(S(C)(=O)=O)s2)c(C(=O)C2CCCC2)c1. The number of carbonyl (C=O) groups is 3. The van der Waals surface area contributed by atoms with Crippen molar-refractivity contribution >= 4 is 49.6 Å². The van der Waals surface area contributed by atoms with Crippen LogP contribution in [-0.2, 0) is 19.4 Å². The van der Waals surface area contributed by atoms with E-state index in [1.807, 2.05) is 6.92 Å². The van der Waals surface area contributed by atoms with Gasteiger partial charge in [0.1, 0.15) is 4.21 Å². The first-order valence-corrected chi connectivity index (χ1v) is 11.8. The largest absolute Gasteiger partial charge is 0.317 e. The van der Waals surface area contributed by atoms with Crippen LogP contribution in [-0.4, -0.2) is 37.3 Å². The van der Waals surface area contributed by atoms with Gasteiger partial charge in [-0.05, 0) is 31.9 Å². The van der Waals surface area contributed by atoms with Crippen LogP contribution in [0.25, 0.3) is 0 Å². The molecule has 0 spiro atoms. The van der Waals surface area contributed by atoms with E-state index >= 15 is 0 Å². The molecule has 1 aliphatic rings. The Morgan fingerprint density at radius 2 is 1.76 bits per heavy atom. The molecule has 0 radical (unpaired) electrons. The lowest BCUT2D eigenvalue weighted by atomic mass is 9.94. The zero-order chi connectivity index (χ0) is 21.2. The first-order chi connectivity index (χ1) is 13.6. The molecule has 3 rings (SSSR count). The van der Waals surface area contributed by atoms with Gasteiger partial charge in [-0.1, -0.05) is 35.8 Å². The van der Waals surface area contributed by atoms with Crippen LogP contribution in [0.2, 0.25) is 0 Å². The minimum atomic E-state index is -3.45. The second-order valence-electron chi connectivity index (χ2n) is 7.06. The van der Waals surface area contributed by atoms with E-state index in [0.29, 0.717) is 5.56 Å². The highest BCUT2D eigenvalue weighted by Gasteiger charge is 2.27. The van der Waals surface area contributed by atoms with Crippen molar-refractivity contribution in [2.75, 3.05) is 16.9 Å².